The van der Waals surface area contributed by atoms with Gasteiger partial charge in [0.05, 0.1) is 46.5 Å². The van der Waals surface area contributed by atoms with Crippen molar-refractivity contribution in [1.29, 1.82) is 5.41 Å². The number of nitrogens with zero attached hydrogens (tertiary/aromatic N) is 3. The molecule has 0 bridgehead atoms. The molecule has 3 heterocycles. The lowest BCUT2D eigenvalue weighted by Gasteiger charge is -2.13. The average Bonchev–Trinajstić information content (AvgIpc) is 2.93. The Labute approximate surface area is 175 Å². The van der Waals surface area contributed by atoms with Crippen molar-refractivity contribution >= 4 is 45.4 Å². The van der Waals surface area contributed by atoms with Crippen LogP contribution in [0.2, 0.25) is 0 Å². The number of fused-ring (bicyclic) bond motifs is 2. The molecule has 0 spiro atoms. The quantitative estimate of drug-likeness (QED) is 0.492. The minimum atomic E-state index is -0.311. The highest BCUT2D eigenvalue weighted by molar-refractivity contribution is 6.20. The number of benzene rings is 1. The second kappa shape index (κ2) is 6.83. The van der Waals surface area contributed by atoms with E-state index < -0.39 is 0 Å². The van der Waals surface area contributed by atoms with E-state index in [0.29, 0.717) is 62.3 Å². The SMILES string of the molecule is CN/C=C(\C=N)c1c(OC)cc2ncc3c4c2c1oc1c(n4c(=O)n3C)C=C(F)CC1. The molecule has 0 fully saturated rings. The molecule has 4 aromatic rings. The van der Waals surface area contributed by atoms with Crippen molar-refractivity contribution < 1.29 is 13.5 Å². The van der Waals surface area contributed by atoms with Gasteiger partial charge in [-0.05, 0) is 6.08 Å². The van der Waals surface area contributed by atoms with Crippen LogP contribution in [0.4, 0.5) is 4.39 Å². The number of nitrogens with one attached hydrogen (secondary N) is 2. The van der Waals surface area contributed by atoms with Gasteiger partial charge in [0.15, 0.2) is 0 Å². The van der Waals surface area contributed by atoms with Gasteiger partial charge in [0, 0.05) is 51.0 Å². The zero-order valence-corrected chi connectivity index (χ0v) is 17.2. The van der Waals surface area contributed by atoms with Crippen LogP contribution in [0.5, 0.6) is 5.75 Å². The molecule has 9 heteroatoms. The molecule has 0 unspecified atom stereocenters. The second-order valence-corrected chi connectivity index (χ2v) is 7.38. The Kier molecular flexibility index (Phi) is 4.21. The lowest BCUT2D eigenvalue weighted by atomic mass is 10.0. The number of methoxy groups -OCH3 is 1. The van der Waals surface area contributed by atoms with Crippen LogP contribution < -0.4 is 15.7 Å². The van der Waals surface area contributed by atoms with E-state index in [0.717, 1.165) is 0 Å². The Bertz CT molecular complexity index is 1520. The first-order valence-electron chi connectivity index (χ1n) is 9.77. The number of imidazole rings is 1. The largest absolute Gasteiger partial charge is 0.496 e. The number of rotatable bonds is 4. The van der Waals surface area contributed by atoms with Gasteiger partial charge in [-0.1, -0.05) is 0 Å². The third-order valence-electron chi connectivity index (χ3n) is 5.69. The summed E-state index contributed by atoms with van der Waals surface area (Å²) in [5, 5.41) is 11.5. The third kappa shape index (κ3) is 2.56. The molecule has 31 heavy (non-hydrogen) atoms. The maximum atomic E-state index is 14.3. The van der Waals surface area contributed by atoms with E-state index in [4.69, 9.17) is 14.6 Å². The fraction of sp³-hybridized carbons (Fsp3) is 0.227. The summed E-state index contributed by atoms with van der Waals surface area (Å²) in [6.07, 6.45) is 6.33. The maximum absolute atomic E-state index is 14.3. The predicted octanol–water partition coefficient (Wildman–Crippen LogP) is 3.41. The number of halogens is 1. The Morgan fingerprint density at radius 1 is 1.42 bits per heavy atom. The Morgan fingerprint density at radius 3 is 2.94 bits per heavy atom. The van der Waals surface area contributed by atoms with Crippen LogP contribution in [0.15, 0.2) is 33.5 Å². The summed E-state index contributed by atoms with van der Waals surface area (Å²) in [5.41, 5.74) is 3.33. The number of hydrogen-bond acceptors (Lipinski definition) is 6. The van der Waals surface area contributed by atoms with Gasteiger partial charge in [-0.2, -0.15) is 0 Å². The molecule has 0 amide bonds. The van der Waals surface area contributed by atoms with Crippen molar-refractivity contribution in [3.05, 3.63) is 51.8 Å². The molecule has 1 aliphatic carbocycles. The van der Waals surface area contributed by atoms with Crippen molar-refractivity contribution in [2.24, 2.45) is 7.05 Å². The van der Waals surface area contributed by atoms with E-state index in [1.807, 2.05) is 0 Å². The van der Waals surface area contributed by atoms with Crippen molar-refractivity contribution in [2.45, 2.75) is 12.8 Å². The molecular weight excluding hydrogens is 401 g/mol. The van der Waals surface area contributed by atoms with Gasteiger partial charge in [0.1, 0.15) is 22.9 Å². The molecule has 0 aliphatic heterocycles. The molecule has 0 atom stereocenters. The average molecular weight is 421 g/mol. The van der Waals surface area contributed by atoms with Crippen LogP contribution in [0.3, 0.4) is 0 Å². The molecule has 0 radical (unpaired) electrons. The molecular formula is C22H20FN5O3. The van der Waals surface area contributed by atoms with E-state index >= 15 is 0 Å². The maximum Gasteiger partial charge on any atom is 0.333 e. The Balaban J connectivity index is 2.16. The minimum absolute atomic E-state index is 0.185. The summed E-state index contributed by atoms with van der Waals surface area (Å²) in [5.74, 6) is 0.651. The minimum Gasteiger partial charge on any atom is -0.496 e. The van der Waals surface area contributed by atoms with Crippen molar-refractivity contribution in [3.8, 4) is 5.75 Å². The number of allylic oxidation sites excluding steroid dienone is 2. The topological polar surface area (TPSA) is 97.6 Å². The molecule has 158 valence electrons. The van der Waals surface area contributed by atoms with Gasteiger partial charge < -0.3 is 19.9 Å². The van der Waals surface area contributed by atoms with Gasteiger partial charge in [-0.15, -0.1) is 0 Å². The lowest BCUT2D eigenvalue weighted by molar-refractivity contribution is 0.413. The Hall–Kier alpha value is -3.88. The third-order valence-corrected chi connectivity index (χ3v) is 5.69. The van der Waals surface area contributed by atoms with Crippen LogP contribution in [0, 0.1) is 5.41 Å². The number of aryl methyl sites for hydroxylation is 2. The van der Waals surface area contributed by atoms with Crippen LogP contribution in [0.25, 0.3) is 39.2 Å². The smallest absolute Gasteiger partial charge is 0.333 e. The first-order valence-corrected chi connectivity index (χ1v) is 9.77. The number of ether oxygens (including phenoxy) is 1. The van der Waals surface area contributed by atoms with Gasteiger partial charge in [-0.3, -0.25) is 14.0 Å². The Morgan fingerprint density at radius 2 is 2.23 bits per heavy atom. The van der Waals surface area contributed by atoms with Crippen LogP contribution >= 0.6 is 0 Å². The van der Waals surface area contributed by atoms with E-state index in [9.17, 15) is 9.18 Å². The normalized spacial score (nSPS) is 14.2. The molecule has 8 nitrogen and oxygen atoms in total. The van der Waals surface area contributed by atoms with E-state index in [1.165, 1.54) is 28.4 Å². The monoisotopic (exact) mass is 421 g/mol. The first kappa shape index (κ1) is 19.1. The van der Waals surface area contributed by atoms with Gasteiger partial charge in [0.25, 0.3) is 0 Å². The first-order chi connectivity index (χ1) is 15.0. The van der Waals surface area contributed by atoms with Crippen LogP contribution in [0.1, 0.15) is 23.4 Å². The highest BCUT2D eigenvalue weighted by Crippen LogP contribution is 2.40. The molecule has 2 N–H and O–H groups in total. The molecule has 0 saturated heterocycles. The van der Waals surface area contributed by atoms with Crippen molar-refractivity contribution in [2.75, 3.05) is 14.2 Å². The van der Waals surface area contributed by atoms with E-state index in [-0.39, 0.29) is 17.9 Å². The number of pyridine rings is 1. The lowest BCUT2D eigenvalue weighted by Crippen LogP contribution is -2.19. The summed E-state index contributed by atoms with van der Waals surface area (Å²) < 4.78 is 29.3. The van der Waals surface area contributed by atoms with E-state index in [1.54, 1.807) is 32.6 Å². The molecule has 1 aliphatic rings. The summed E-state index contributed by atoms with van der Waals surface area (Å²) in [6.45, 7) is 0. The predicted molar refractivity (Wildman–Crippen MR) is 117 cm³/mol. The second-order valence-electron chi connectivity index (χ2n) is 7.38. The summed E-state index contributed by atoms with van der Waals surface area (Å²) in [4.78, 5) is 17.7. The highest BCUT2D eigenvalue weighted by Gasteiger charge is 2.26. The van der Waals surface area contributed by atoms with Gasteiger partial charge >= 0.3 is 5.69 Å². The van der Waals surface area contributed by atoms with Crippen LogP contribution in [-0.2, 0) is 13.5 Å². The van der Waals surface area contributed by atoms with Gasteiger partial charge in [0.2, 0.25) is 0 Å². The van der Waals surface area contributed by atoms with Crippen molar-refractivity contribution in [1.82, 2.24) is 19.3 Å². The van der Waals surface area contributed by atoms with Crippen LogP contribution in [-0.4, -0.2) is 34.3 Å². The molecule has 0 saturated carbocycles. The fourth-order valence-electron chi connectivity index (χ4n) is 4.27. The standard InChI is InChI=1S/C22H20FN5O3/c1-25-9-11(8-24)18-17(30-3)7-13-19-20-15(10-26-13)27(2)22(29)28(20)14-6-12(23)4-5-16(14)31-21(18)19/h6-10,24-25H,4-5H2,1-3H3/b11-9+,24-8?. The number of hydrogen-bond donors (Lipinski definition) is 2. The van der Waals surface area contributed by atoms with Gasteiger partial charge in [-0.25, -0.2) is 9.18 Å². The zero-order chi connectivity index (χ0) is 21.9. The fourth-order valence-corrected chi connectivity index (χ4v) is 4.27. The van der Waals surface area contributed by atoms with Crippen molar-refractivity contribution in [3.63, 3.8) is 0 Å². The molecule has 3 aromatic heterocycles. The highest BCUT2D eigenvalue weighted by atomic mass is 19.1. The van der Waals surface area contributed by atoms with E-state index in [2.05, 4.69) is 10.3 Å². The number of aromatic nitrogens is 3. The summed E-state index contributed by atoms with van der Waals surface area (Å²) in [7, 11) is 4.93. The zero-order valence-electron chi connectivity index (χ0n) is 17.2. The summed E-state index contributed by atoms with van der Waals surface area (Å²) >= 11 is 0. The molecule has 5 rings (SSSR count). The molecule has 1 aromatic carbocycles. The summed E-state index contributed by atoms with van der Waals surface area (Å²) in [6, 6.07) is 1.76.